The largest absolute Gasteiger partial charge is 0.356 e. The highest BCUT2D eigenvalue weighted by Crippen LogP contribution is 2.20. The number of aromatic nitrogens is 1. The zero-order valence-electron chi connectivity index (χ0n) is 16.6. The number of nitrogens with zero attached hydrogens (tertiary/aromatic N) is 3. The second-order valence-electron chi connectivity index (χ2n) is 7.74. The average molecular weight is 370 g/mol. The van der Waals surface area contributed by atoms with Crippen LogP contribution >= 0.6 is 0 Å². The number of hydrogen-bond donors (Lipinski definition) is 1. The van der Waals surface area contributed by atoms with Crippen LogP contribution < -0.4 is 5.32 Å². The first-order valence-corrected chi connectivity index (χ1v) is 9.73. The molecule has 1 saturated heterocycles. The average Bonchev–Trinajstić information content (AvgIpc) is 3.16. The third kappa shape index (κ3) is 5.17. The SMILES string of the molecule is CCN1CCN(C(C)(C)CNC(=O)Cc2cc(-c3ccccc3)on2)CC1. The Labute approximate surface area is 161 Å². The molecule has 0 unspecified atom stereocenters. The summed E-state index contributed by atoms with van der Waals surface area (Å²) in [6.45, 7) is 12.6. The van der Waals surface area contributed by atoms with E-state index >= 15 is 0 Å². The molecule has 0 radical (unpaired) electrons. The summed E-state index contributed by atoms with van der Waals surface area (Å²) in [5.74, 6) is 0.663. The fourth-order valence-corrected chi connectivity index (χ4v) is 3.46. The van der Waals surface area contributed by atoms with E-state index in [1.165, 1.54) is 0 Å². The van der Waals surface area contributed by atoms with Crippen molar-refractivity contribution in [1.82, 2.24) is 20.3 Å². The molecule has 1 amide bonds. The molecule has 1 aromatic heterocycles. The van der Waals surface area contributed by atoms with Gasteiger partial charge in [-0.05, 0) is 20.4 Å². The Kier molecular flexibility index (Phi) is 6.29. The van der Waals surface area contributed by atoms with Gasteiger partial charge < -0.3 is 14.7 Å². The van der Waals surface area contributed by atoms with Crippen LogP contribution in [0.4, 0.5) is 0 Å². The van der Waals surface area contributed by atoms with Crippen LogP contribution in [0.2, 0.25) is 0 Å². The summed E-state index contributed by atoms with van der Waals surface area (Å²) in [7, 11) is 0. The van der Waals surface area contributed by atoms with Gasteiger partial charge in [0.05, 0.1) is 12.1 Å². The number of likely N-dealkylation sites (N-methyl/N-ethyl adjacent to an activating group) is 1. The van der Waals surface area contributed by atoms with E-state index in [9.17, 15) is 4.79 Å². The van der Waals surface area contributed by atoms with Crippen LogP contribution in [-0.4, -0.2) is 65.7 Å². The van der Waals surface area contributed by atoms with Crippen molar-refractivity contribution in [2.75, 3.05) is 39.3 Å². The fraction of sp³-hybridized carbons (Fsp3) is 0.524. The maximum Gasteiger partial charge on any atom is 0.226 e. The molecule has 27 heavy (non-hydrogen) atoms. The molecule has 0 atom stereocenters. The van der Waals surface area contributed by atoms with Crippen LogP contribution in [0.25, 0.3) is 11.3 Å². The third-order valence-corrected chi connectivity index (χ3v) is 5.35. The first-order chi connectivity index (χ1) is 13.0. The zero-order chi connectivity index (χ0) is 19.3. The van der Waals surface area contributed by atoms with Crippen molar-refractivity contribution in [2.45, 2.75) is 32.7 Å². The van der Waals surface area contributed by atoms with E-state index in [2.05, 4.69) is 41.0 Å². The molecule has 6 heteroatoms. The number of hydrogen-bond acceptors (Lipinski definition) is 5. The molecule has 3 rings (SSSR count). The van der Waals surface area contributed by atoms with Gasteiger partial charge in [-0.25, -0.2) is 0 Å². The Hall–Kier alpha value is -2.18. The Balaban J connectivity index is 1.49. The van der Waals surface area contributed by atoms with Gasteiger partial charge in [-0.2, -0.15) is 0 Å². The van der Waals surface area contributed by atoms with E-state index in [1.54, 1.807) is 0 Å². The van der Waals surface area contributed by atoms with Gasteiger partial charge in [-0.15, -0.1) is 0 Å². The molecule has 0 saturated carbocycles. The highest BCUT2D eigenvalue weighted by atomic mass is 16.5. The van der Waals surface area contributed by atoms with E-state index < -0.39 is 0 Å². The number of benzene rings is 1. The highest BCUT2D eigenvalue weighted by Gasteiger charge is 2.29. The molecule has 1 aliphatic rings. The normalized spacial score (nSPS) is 16.4. The maximum absolute atomic E-state index is 12.4. The van der Waals surface area contributed by atoms with Crippen molar-refractivity contribution in [1.29, 1.82) is 0 Å². The minimum atomic E-state index is -0.0610. The number of carbonyl (C=O) groups is 1. The number of amides is 1. The maximum atomic E-state index is 12.4. The lowest BCUT2D eigenvalue weighted by atomic mass is 10.0. The monoisotopic (exact) mass is 370 g/mol. The predicted molar refractivity (Wildman–Crippen MR) is 106 cm³/mol. The molecule has 146 valence electrons. The molecular formula is C21H30N4O2. The molecule has 0 aliphatic carbocycles. The molecule has 1 aliphatic heterocycles. The van der Waals surface area contributed by atoms with Crippen molar-refractivity contribution in [3.63, 3.8) is 0 Å². The first kappa shape index (κ1) is 19.6. The summed E-state index contributed by atoms with van der Waals surface area (Å²) in [5, 5.41) is 7.10. The van der Waals surface area contributed by atoms with Crippen molar-refractivity contribution in [3.8, 4) is 11.3 Å². The minimum absolute atomic E-state index is 0.0248. The van der Waals surface area contributed by atoms with Crippen molar-refractivity contribution in [2.24, 2.45) is 0 Å². The minimum Gasteiger partial charge on any atom is -0.356 e. The lowest BCUT2D eigenvalue weighted by molar-refractivity contribution is -0.121. The van der Waals surface area contributed by atoms with E-state index in [0.717, 1.165) is 38.3 Å². The van der Waals surface area contributed by atoms with Gasteiger partial charge in [0.1, 0.15) is 0 Å². The Morgan fingerprint density at radius 1 is 1.19 bits per heavy atom. The third-order valence-electron chi connectivity index (χ3n) is 5.35. The number of rotatable bonds is 7. The lowest BCUT2D eigenvalue weighted by Crippen LogP contribution is -2.58. The van der Waals surface area contributed by atoms with Crippen LogP contribution in [-0.2, 0) is 11.2 Å². The summed E-state index contributed by atoms with van der Waals surface area (Å²) >= 11 is 0. The van der Waals surface area contributed by atoms with Crippen LogP contribution in [0.1, 0.15) is 26.5 Å². The van der Waals surface area contributed by atoms with Crippen LogP contribution in [0.5, 0.6) is 0 Å². The summed E-state index contributed by atoms with van der Waals surface area (Å²) in [6, 6.07) is 11.6. The van der Waals surface area contributed by atoms with Gasteiger partial charge in [-0.1, -0.05) is 42.4 Å². The second kappa shape index (κ2) is 8.67. The molecule has 6 nitrogen and oxygen atoms in total. The van der Waals surface area contributed by atoms with Gasteiger partial charge >= 0.3 is 0 Å². The molecule has 0 spiro atoms. The van der Waals surface area contributed by atoms with Gasteiger partial charge in [0.2, 0.25) is 5.91 Å². The lowest BCUT2D eigenvalue weighted by Gasteiger charge is -2.44. The van der Waals surface area contributed by atoms with Crippen molar-refractivity contribution < 1.29 is 9.32 Å². The molecular weight excluding hydrogens is 340 g/mol. The van der Waals surface area contributed by atoms with E-state index in [4.69, 9.17) is 4.52 Å². The Morgan fingerprint density at radius 2 is 1.89 bits per heavy atom. The van der Waals surface area contributed by atoms with Gasteiger partial charge in [0.15, 0.2) is 5.76 Å². The van der Waals surface area contributed by atoms with Crippen LogP contribution in [0.15, 0.2) is 40.9 Å². The van der Waals surface area contributed by atoms with Gasteiger partial charge in [0, 0.05) is 49.9 Å². The molecule has 2 aromatic rings. The summed E-state index contributed by atoms with van der Waals surface area (Å²) in [6.07, 6.45) is 0.232. The highest BCUT2D eigenvalue weighted by molar-refractivity contribution is 5.78. The number of nitrogens with one attached hydrogen (secondary N) is 1. The van der Waals surface area contributed by atoms with E-state index in [-0.39, 0.29) is 17.9 Å². The zero-order valence-corrected chi connectivity index (χ0v) is 16.6. The Bertz CT molecular complexity index is 734. The van der Waals surface area contributed by atoms with Gasteiger partial charge in [-0.3, -0.25) is 9.69 Å². The summed E-state index contributed by atoms with van der Waals surface area (Å²) in [5.41, 5.74) is 1.55. The van der Waals surface area contributed by atoms with E-state index in [0.29, 0.717) is 18.0 Å². The van der Waals surface area contributed by atoms with Crippen LogP contribution in [0, 0.1) is 0 Å². The predicted octanol–water partition coefficient (Wildman–Crippen LogP) is 2.42. The fourth-order valence-electron chi connectivity index (χ4n) is 3.46. The van der Waals surface area contributed by atoms with Crippen molar-refractivity contribution in [3.05, 3.63) is 42.1 Å². The molecule has 2 heterocycles. The molecule has 0 bridgehead atoms. The first-order valence-electron chi connectivity index (χ1n) is 9.73. The smallest absolute Gasteiger partial charge is 0.226 e. The molecule has 1 aromatic carbocycles. The van der Waals surface area contributed by atoms with Crippen LogP contribution in [0.3, 0.4) is 0 Å². The van der Waals surface area contributed by atoms with Gasteiger partial charge in [0.25, 0.3) is 0 Å². The molecule has 1 fully saturated rings. The summed E-state index contributed by atoms with van der Waals surface area (Å²) in [4.78, 5) is 17.3. The number of carbonyl (C=O) groups excluding carboxylic acids is 1. The molecule has 1 N–H and O–H groups in total. The second-order valence-corrected chi connectivity index (χ2v) is 7.74. The topological polar surface area (TPSA) is 61.6 Å². The van der Waals surface area contributed by atoms with Crippen molar-refractivity contribution >= 4 is 5.91 Å². The number of piperazine rings is 1. The quantitative estimate of drug-likeness (QED) is 0.811. The van der Waals surface area contributed by atoms with E-state index in [1.807, 2.05) is 36.4 Å². The standard InChI is InChI=1S/C21H30N4O2/c1-4-24-10-12-25(13-11-24)21(2,3)16-22-20(26)15-18-14-19(27-23-18)17-8-6-5-7-9-17/h5-9,14H,4,10-13,15-16H2,1-3H3,(H,22,26). The summed E-state index contributed by atoms with van der Waals surface area (Å²) < 4.78 is 5.37. The Morgan fingerprint density at radius 3 is 2.56 bits per heavy atom.